The summed E-state index contributed by atoms with van der Waals surface area (Å²) in [5.74, 6) is -0.110. The van der Waals surface area contributed by atoms with Crippen LogP contribution in [-0.2, 0) is 0 Å². The second-order valence-corrected chi connectivity index (χ2v) is 4.21. The maximum absolute atomic E-state index is 11.5. The monoisotopic (exact) mass is 203 g/mol. The number of fused-ring (bicyclic) bond motifs is 1. The van der Waals surface area contributed by atoms with Gasteiger partial charge in [-0.25, -0.2) is 0 Å². The van der Waals surface area contributed by atoms with Crippen LogP contribution in [0.15, 0.2) is 30.3 Å². The van der Waals surface area contributed by atoms with Gasteiger partial charge < -0.3 is 10.4 Å². The van der Waals surface area contributed by atoms with E-state index in [9.17, 15) is 9.90 Å². The zero-order valence-electron chi connectivity index (χ0n) is 8.74. The molecule has 1 aromatic carbocycles. The molecule has 78 valence electrons. The fourth-order valence-corrected chi connectivity index (χ4v) is 1.64. The highest BCUT2D eigenvalue weighted by Gasteiger charge is 2.24. The molecule has 15 heavy (non-hydrogen) atoms. The van der Waals surface area contributed by atoms with Crippen molar-refractivity contribution in [3.05, 3.63) is 41.5 Å². The Morgan fingerprint density at radius 3 is 2.47 bits per heavy atom. The van der Waals surface area contributed by atoms with Crippen LogP contribution in [0.25, 0.3) is 5.70 Å². The Labute approximate surface area is 88.4 Å². The largest absolute Gasteiger partial charge is 0.386 e. The van der Waals surface area contributed by atoms with E-state index >= 15 is 0 Å². The molecular formula is C12H13NO2. The van der Waals surface area contributed by atoms with Gasteiger partial charge in [-0.1, -0.05) is 18.2 Å². The molecular weight excluding hydrogens is 190 g/mol. The van der Waals surface area contributed by atoms with E-state index in [1.165, 1.54) is 0 Å². The molecule has 0 unspecified atom stereocenters. The van der Waals surface area contributed by atoms with Crippen molar-refractivity contribution in [1.82, 2.24) is 5.32 Å². The van der Waals surface area contributed by atoms with Gasteiger partial charge in [-0.2, -0.15) is 0 Å². The van der Waals surface area contributed by atoms with Crippen molar-refractivity contribution in [3.8, 4) is 0 Å². The minimum atomic E-state index is -0.930. The van der Waals surface area contributed by atoms with Crippen molar-refractivity contribution in [2.75, 3.05) is 0 Å². The van der Waals surface area contributed by atoms with E-state index in [0.717, 1.165) is 5.56 Å². The van der Waals surface area contributed by atoms with Gasteiger partial charge in [0.1, 0.15) is 0 Å². The fourth-order valence-electron chi connectivity index (χ4n) is 1.64. The summed E-state index contributed by atoms with van der Waals surface area (Å²) in [5.41, 5.74) is 1.26. The smallest absolute Gasteiger partial charge is 0.256 e. The van der Waals surface area contributed by atoms with E-state index < -0.39 is 5.60 Å². The third kappa shape index (κ3) is 1.92. The fraction of sp³-hybridized carbons (Fsp3) is 0.250. The number of nitrogens with one attached hydrogen (secondary N) is 1. The quantitative estimate of drug-likeness (QED) is 0.727. The Morgan fingerprint density at radius 1 is 1.27 bits per heavy atom. The number of aliphatic hydroxyl groups is 1. The third-order valence-electron chi connectivity index (χ3n) is 2.21. The van der Waals surface area contributed by atoms with Crippen LogP contribution in [0.1, 0.15) is 29.8 Å². The Kier molecular flexibility index (Phi) is 2.12. The summed E-state index contributed by atoms with van der Waals surface area (Å²) in [4.78, 5) is 11.5. The lowest BCUT2D eigenvalue weighted by Crippen LogP contribution is -2.19. The second kappa shape index (κ2) is 3.21. The first-order valence-corrected chi connectivity index (χ1v) is 4.83. The molecule has 0 spiro atoms. The molecule has 0 fully saturated rings. The summed E-state index contributed by atoms with van der Waals surface area (Å²) in [6.07, 6.45) is 1.65. The lowest BCUT2D eigenvalue weighted by molar-refractivity contribution is 0.0980. The minimum absolute atomic E-state index is 0.110. The standard InChI is InChI=1S/C12H13NO2/c1-12(2,15)7-10-8-5-3-4-6-9(8)11(14)13-10/h3-7,15H,1-2H3,(H,13,14). The summed E-state index contributed by atoms with van der Waals surface area (Å²) in [7, 11) is 0. The molecule has 0 aliphatic carbocycles. The molecule has 0 atom stereocenters. The van der Waals surface area contributed by atoms with Gasteiger partial charge in [0.25, 0.3) is 5.91 Å². The Balaban J connectivity index is 2.50. The second-order valence-electron chi connectivity index (χ2n) is 4.21. The highest BCUT2D eigenvalue weighted by molar-refractivity contribution is 6.09. The van der Waals surface area contributed by atoms with E-state index in [1.807, 2.05) is 18.2 Å². The van der Waals surface area contributed by atoms with Gasteiger partial charge in [-0.05, 0) is 26.0 Å². The summed E-state index contributed by atoms with van der Waals surface area (Å²) in [5, 5.41) is 12.4. The number of hydrogen-bond donors (Lipinski definition) is 2. The molecule has 1 aliphatic rings. The Bertz CT molecular complexity index is 441. The SMILES string of the molecule is CC(C)(O)C=C1NC(=O)c2ccccc21. The van der Waals surface area contributed by atoms with Crippen LogP contribution < -0.4 is 5.32 Å². The summed E-state index contributed by atoms with van der Waals surface area (Å²) < 4.78 is 0. The molecule has 3 nitrogen and oxygen atoms in total. The van der Waals surface area contributed by atoms with Crippen LogP contribution >= 0.6 is 0 Å². The van der Waals surface area contributed by atoms with Crippen LogP contribution in [0.4, 0.5) is 0 Å². The molecule has 0 bridgehead atoms. The summed E-state index contributed by atoms with van der Waals surface area (Å²) >= 11 is 0. The van der Waals surface area contributed by atoms with Gasteiger partial charge in [0.2, 0.25) is 0 Å². The molecule has 0 saturated carbocycles. The van der Waals surface area contributed by atoms with Crippen LogP contribution in [0.3, 0.4) is 0 Å². The molecule has 1 aromatic rings. The van der Waals surface area contributed by atoms with Gasteiger partial charge in [0, 0.05) is 16.8 Å². The van der Waals surface area contributed by atoms with Crippen molar-refractivity contribution in [2.24, 2.45) is 0 Å². The van der Waals surface area contributed by atoms with Gasteiger partial charge in [0.05, 0.1) is 5.60 Å². The lowest BCUT2D eigenvalue weighted by Gasteiger charge is -2.12. The summed E-state index contributed by atoms with van der Waals surface area (Å²) in [6.45, 7) is 3.35. The normalized spacial score (nSPS) is 17.8. The van der Waals surface area contributed by atoms with Gasteiger partial charge >= 0.3 is 0 Å². The first-order valence-electron chi connectivity index (χ1n) is 4.83. The molecule has 3 heteroatoms. The van der Waals surface area contributed by atoms with Crippen molar-refractivity contribution in [3.63, 3.8) is 0 Å². The predicted molar refractivity (Wildman–Crippen MR) is 58.2 cm³/mol. The molecule has 0 aromatic heterocycles. The topological polar surface area (TPSA) is 49.3 Å². The lowest BCUT2D eigenvalue weighted by atomic mass is 10.0. The molecule has 0 saturated heterocycles. The van der Waals surface area contributed by atoms with E-state index in [2.05, 4.69) is 5.32 Å². The predicted octanol–water partition coefficient (Wildman–Crippen LogP) is 1.54. The van der Waals surface area contributed by atoms with Crippen molar-refractivity contribution >= 4 is 11.6 Å². The molecule has 1 amide bonds. The van der Waals surface area contributed by atoms with Gasteiger partial charge in [-0.3, -0.25) is 4.79 Å². The van der Waals surface area contributed by atoms with E-state index in [4.69, 9.17) is 0 Å². The number of benzene rings is 1. The molecule has 2 N–H and O–H groups in total. The zero-order chi connectivity index (χ0) is 11.1. The minimum Gasteiger partial charge on any atom is -0.386 e. The van der Waals surface area contributed by atoms with Crippen LogP contribution in [0.5, 0.6) is 0 Å². The number of hydrogen-bond acceptors (Lipinski definition) is 2. The Hall–Kier alpha value is -1.61. The molecule has 1 aliphatic heterocycles. The average Bonchev–Trinajstić information content (AvgIpc) is 2.42. The first kappa shape index (κ1) is 9.93. The number of carbonyl (C=O) groups excluding carboxylic acids is 1. The van der Waals surface area contributed by atoms with Crippen LogP contribution in [0, 0.1) is 0 Å². The van der Waals surface area contributed by atoms with Gasteiger partial charge in [-0.15, -0.1) is 0 Å². The maximum Gasteiger partial charge on any atom is 0.256 e. The number of amides is 1. The van der Waals surface area contributed by atoms with E-state index in [1.54, 1.807) is 26.0 Å². The van der Waals surface area contributed by atoms with E-state index in [-0.39, 0.29) is 5.91 Å². The number of rotatable bonds is 1. The average molecular weight is 203 g/mol. The van der Waals surface area contributed by atoms with Crippen molar-refractivity contribution in [2.45, 2.75) is 19.4 Å². The highest BCUT2D eigenvalue weighted by Crippen LogP contribution is 2.25. The van der Waals surface area contributed by atoms with Gasteiger partial charge in [0.15, 0.2) is 0 Å². The molecule has 1 heterocycles. The van der Waals surface area contributed by atoms with Crippen molar-refractivity contribution < 1.29 is 9.90 Å². The van der Waals surface area contributed by atoms with E-state index in [0.29, 0.717) is 11.3 Å². The van der Waals surface area contributed by atoms with Crippen molar-refractivity contribution in [1.29, 1.82) is 0 Å². The van der Waals surface area contributed by atoms with Crippen LogP contribution in [-0.4, -0.2) is 16.6 Å². The first-order chi connectivity index (χ1) is 6.97. The molecule has 2 rings (SSSR count). The Morgan fingerprint density at radius 2 is 1.87 bits per heavy atom. The zero-order valence-corrected chi connectivity index (χ0v) is 8.74. The summed E-state index contributed by atoms with van der Waals surface area (Å²) in [6, 6.07) is 7.34. The van der Waals surface area contributed by atoms with Crippen LogP contribution in [0.2, 0.25) is 0 Å². The maximum atomic E-state index is 11.5. The molecule has 0 radical (unpaired) electrons. The highest BCUT2D eigenvalue weighted by atomic mass is 16.3. The third-order valence-corrected chi connectivity index (χ3v) is 2.21. The number of carbonyl (C=O) groups is 1.